The molecule has 3 aliphatic rings. The van der Waals surface area contributed by atoms with Crippen LogP contribution in [0.4, 0.5) is 27.6 Å². The number of carboxylic acid groups (broad SMARTS) is 1. The van der Waals surface area contributed by atoms with Crippen LogP contribution in [0, 0.1) is 17.6 Å². The van der Waals surface area contributed by atoms with Crippen molar-refractivity contribution in [2.75, 3.05) is 37.7 Å². The smallest absolute Gasteiger partial charge is 0.475 e. The number of hydrogen-bond acceptors (Lipinski definition) is 7. The molecule has 208 valence electrons. The molecule has 3 heterocycles. The van der Waals surface area contributed by atoms with Crippen molar-refractivity contribution in [3.63, 3.8) is 0 Å². The molecule has 1 aromatic heterocycles. The van der Waals surface area contributed by atoms with Gasteiger partial charge in [0, 0.05) is 44.4 Å². The second kappa shape index (κ2) is 10.1. The van der Waals surface area contributed by atoms with E-state index in [0.717, 1.165) is 25.3 Å². The van der Waals surface area contributed by atoms with E-state index in [1.165, 1.54) is 6.20 Å². The van der Waals surface area contributed by atoms with Crippen LogP contribution in [0.3, 0.4) is 0 Å². The van der Waals surface area contributed by atoms with Crippen molar-refractivity contribution in [1.82, 2.24) is 4.57 Å². The van der Waals surface area contributed by atoms with Gasteiger partial charge in [0.25, 0.3) is 0 Å². The number of carbonyl (C=O) groups is 2. The Kier molecular flexibility index (Phi) is 7.40. The summed E-state index contributed by atoms with van der Waals surface area (Å²) in [4.78, 5) is 35.7. The van der Waals surface area contributed by atoms with Crippen LogP contribution in [0.1, 0.15) is 42.6 Å². The molecule has 1 aromatic carbocycles. The Morgan fingerprint density at radius 2 is 1.92 bits per heavy atom. The fraction of sp³-hybridized carbons (Fsp3) is 0.542. The van der Waals surface area contributed by atoms with Gasteiger partial charge >= 0.3 is 18.1 Å². The number of aromatic nitrogens is 1. The predicted octanol–water partition coefficient (Wildman–Crippen LogP) is 2.98. The number of nitrogens with two attached hydrogens (primary N) is 1. The van der Waals surface area contributed by atoms with Gasteiger partial charge in [0.1, 0.15) is 22.7 Å². The molecule has 3 fully saturated rings. The third-order valence-corrected chi connectivity index (χ3v) is 7.02. The fourth-order valence-corrected chi connectivity index (χ4v) is 5.05. The molecule has 2 aromatic rings. The van der Waals surface area contributed by atoms with Gasteiger partial charge in [-0.2, -0.15) is 13.2 Å². The number of pyridine rings is 1. The van der Waals surface area contributed by atoms with Crippen LogP contribution in [0.25, 0.3) is 10.9 Å². The third-order valence-electron chi connectivity index (χ3n) is 7.02. The first-order valence-corrected chi connectivity index (χ1v) is 12.0. The standard InChI is InChI=1S/C22H25F2N3O4.C2HF3O2/c1-2-30-21(29)15-9-27(13-3-4-13)18-14(20(15)28)7-16(23)19(17(18)24)26-8-12-5-6-31-22(12,10-25)11-26;3-2(4,5)1(6)7/h7,9,12-13H,2-6,8,10-11,25H2,1H3;(H,6,7). The summed E-state index contributed by atoms with van der Waals surface area (Å²) in [6, 6.07) is 1.00. The number of hydrogen-bond donors (Lipinski definition) is 2. The average Bonchev–Trinajstić information content (AvgIpc) is 3.51. The van der Waals surface area contributed by atoms with Crippen molar-refractivity contribution in [2.45, 2.75) is 44.0 Å². The van der Waals surface area contributed by atoms with Gasteiger partial charge in [-0.1, -0.05) is 0 Å². The highest BCUT2D eigenvalue weighted by molar-refractivity contribution is 5.95. The molecule has 2 unspecified atom stereocenters. The Bertz CT molecular complexity index is 1330. The van der Waals surface area contributed by atoms with E-state index >= 15 is 8.78 Å². The van der Waals surface area contributed by atoms with Crippen molar-refractivity contribution in [3.8, 4) is 0 Å². The number of alkyl halides is 3. The largest absolute Gasteiger partial charge is 0.490 e. The molecule has 2 atom stereocenters. The number of ether oxygens (including phenoxy) is 2. The number of benzene rings is 1. The van der Waals surface area contributed by atoms with Gasteiger partial charge < -0.3 is 29.8 Å². The highest BCUT2D eigenvalue weighted by atomic mass is 19.4. The average molecular weight is 547 g/mol. The van der Waals surface area contributed by atoms with Gasteiger partial charge in [0.15, 0.2) is 5.82 Å². The van der Waals surface area contributed by atoms with E-state index in [-0.39, 0.29) is 47.3 Å². The lowest BCUT2D eigenvalue weighted by molar-refractivity contribution is -0.192. The molecule has 2 saturated heterocycles. The van der Waals surface area contributed by atoms with Crippen molar-refractivity contribution in [2.24, 2.45) is 11.7 Å². The topological polar surface area (TPSA) is 124 Å². The zero-order valence-corrected chi connectivity index (χ0v) is 20.3. The third kappa shape index (κ3) is 4.94. The van der Waals surface area contributed by atoms with Crippen LogP contribution < -0.4 is 16.1 Å². The molecular weight excluding hydrogens is 521 g/mol. The summed E-state index contributed by atoms with van der Waals surface area (Å²) in [6.45, 7) is 3.33. The number of carbonyl (C=O) groups excluding carboxylic acids is 1. The van der Waals surface area contributed by atoms with Gasteiger partial charge in [-0.3, -0.25) is 4.79 Å². The molecule has 9 nitrogen and oxygen atoms in total. The van der Waals surface area contributed by atoms with Crippen molar-refractivity contribution in [3.05, 3.63) is 39.7 Å². The Hall–Kier alpha value is -3.26. The maximum Gasteiger partial charge on any atom is 0.490 e. The van der Waals surface area contributed by atoms with Crippen LogP contribution in [0.2, 0.25) is 0 Å². The van der Waals surface area contributed by atoms with Crippen LogP contribution in [0.15, 0.2) is 17.1 Å². The Labute approximate surface area is 212 Å². The number of anilines is 1. The number of rotatable bonds is 5. The first kappa shape index (κ1) is 27.8. The van der Waals surface area contributed by atoms with E-state index in [4.69, 9.17) is 25.1 Å². The van der Waals surface area contributed by atoms with E-state index in [1.807, 2.05) is 0 Å². The first-order chi connectivity index (χ1) is 17.8. The van der Waals surface area contributed by atoms with Crippen LogP contribution in [0.5, 0.6) is 0 Å². The molecular formula is C24H26F5N3O6. The lowest BCUT2D eigenvalue weighted by Gasteiger charge is -2.27. The first-order valence-electron chi connectivity index (χ1n) is 12.0. The summed E-state index contributed by atoms with van der Waals surface area (Å²) in [5, 5.41) is 6.97. The van der Waals surface area contributed by atoms with Crippen LogP contribution in [-0.2, 0) is 14.3 Å². The summed E-state index contributed by atoms with van der Waals surface area (Å²) >= 11 is 0. The van der Waals surface area contributed by atoms with E-state index < -0.39 is 40.8 Å². The van der Waals surface area contributed by atoms with E-state index in [9.17, 15) is 22.8 Å². The highest BCUT2D eigenvalue weighted by Gasteiger charge is 2.51. The molecule has 0 radical (unpaired) electrons. The monoisotopic (exact) mass is 547 g/mol. The van der Waals surface area contributed by atoms with E-state index in [0.29, 0.717) is 19.7 Å². The molecule has 0 amide bonds. The van der Waals surface area contributed by atoms with Gasteiger partial charge in [-0.05, 0) is 32.3 Å². The summed E-state index contributed by atoms with van der Waals surface area (Å²) in [5.41, 5.74) is 4.27. The summed E-state index contributed by atoms with van der Waals surface area (Å²) in [5.74, 6) is -5.07. The van der Waals surface area contributed by atoms with Gasteiger partial charge in [0.2, 0.25) is 5.43 Å². The Balaban J connectivity index is 0.000000426. The maximum atomic E-state index is 15.9. The Morgan fingerprint density at radius 3 is 2.45 bits per heavy atom. The fourth-order valence-electron chi connectivity index (χ4n) is 5.05. The van der Waals surface area contributed by atoms with Gasteiger partial charge in [0.05, 0.1) is 17.5 Å². The second-order valence-corrected chi connectivity index (χ2v) is 9.43. The van der Waals surface area contributed by atoms with E-state index in [2.05, 4.69) is 0 Å². The highest BCUT2D eigenvalue weighted by Crippen LogP contribution is 2.44. The van der Waals surface area contributed by atoms with Crippen molar-refractivity contribution < 1.29 is 46.1 Å². The minimum absolute atomic E-state index is 0.0247. The van der Waals surface area contributed by atoms with Crippen LogP contribution in [-0.4, -0.2) is 66.2 Å². The minimum atomic E-state index is -5.08. The lowest BCUT2D eigenvalue weighted by atomic mass is 9.91. The zero-order chi connectivity index (χ0) is 28.0. The van der Waals surface area contributed by atoms with Gasteiger partial charge in [-0.15, -0.1) is 0 Å². The summed E-state index contributed by atoms with van der Waals surface area (Å²) in [7, 11) is 0. The maximum absolute atomic E-state index is 15.9. The van der Waals surface area contributed by atoms with E-state index in [1.54, 1.807) is 16.4 Å². The number of esters is 1. The molecule has 1 saturated carbocycles. The molecule has 3 N–H and O–H groups in total. The SMILES string of the molecule is CCOC(=O)c1cn(C2CC2)c2c(F)c(N3CC4CCOC4(CN)C3)c(F)cc2c1=O.O=C(O)C(F)(F)F. The Morgan fingerprint density at radius 1 is 1.26 bits per heavy atom. The number of fused-ring (bicyclic) bond motifs is 2. The number of nitrogens with zero attached hydrogens (tertiary/aromatic N) is 2. The second-order valence-electron chi connectivity index (χ2n) is 9.43. The quantitative estimate of drug-likeness (QED) is 0.433. The summed E-state index contributed by atoms with van der Waals surface area (Å²) in [6.07, 6.45) is -1.35. The molecule has 0 bridgehead atoms. The number of halogens is 5. The van der Waals surface area contributed by atoms with Gasteiger partial charge in [-0.25, -0.2) is 18.4 Å². The predicted molar refractivity (Wildman–Crippen MR) is 124 cm³/mol. The number of aliphatic carboxylic acids is 1. The molecule has 2 aliphatic heterocycles. The summed E-state index contributed by atoms with van der Waals surface area (Å²) < 4.78 is 75.3. The molecule has 0 spiro atoms. The number of carboxylic acids is 1. The van der Waals surface area contributed by atoms with Crippen LogP contribution >= 0.6 is 0 Å². The molecule has 5 rings (SSSR count). The minimum Gasteiger partial charge on any atom is -0.475 e. The normalized spacial score (nSPS) is 22.7. The molecule has 38 heavy (non-hydrogen) atoms. The molecule has 1 aliphatic carbocycles. The molecule has 14 heteroatoms. The zero-order valence-electron chi connectivity index (χ0n) is 20.3. The van der Waals surface area contributed by atoms with Crippen molar-refractivity contribution >= 4 is 28.5 Å². The van der Waals surface area contributed by atoms with Crippen molar-refractivity contribution in [1.29, 1.82) is 0 Å². The lowest BCUT2D eigenvalue weighted by Crippen LogP contribution is -2.44.